The van der Waals surface area contributed by atoms with Gasteiger partial charge in [0.2, 0.25) is 0 Å². The highest BCUT2D eigenvalue weighted by Crippen LogP contribution is 2.20. The maximum Gasteiger partial charge on any atom is 0.317 e. The van der Waals surface area contributed by atoms with E-state index in [-0.39, 0.29) is 12.1 Å². The van der Waals surface area contributed by atoms with Gasteiger partial charge >= 0.3 is 6.03 Å². The second kappa shape index (κ2) is 8.59. The van der Waals surface area contributed by atoms with E-state index in [9.17, 15) is 9.90 Å². The third kappa shape index (κ3) is 5.47. The van der Waals surface area contributed by atoms with Crippen molar-refractivity contribution in [2.75, 3.05) is 39.3 Å². The Balaban J connectivity index is 1.51. The van der Waals surface area contributed by atoms with Crippen molar-refractivity contribution in [3.63, 3.8) is 0 Å². The van der Waals surface area contributed by atoms with E-state index in [2.05, 4.69) is 10.2 Å². The van der Waals surface area contributed by atoms with Gasteiger partial charge in [-0.05, 0) is 71.0 Å². The number of carbonyl (C=O) groups excluding carboxylic acids is 1. The molecule has 122 valence electrons. The van der Waals surface area contributed by atoms with Crippen LogP contribution in [0.4, 0.5) is 4.79 Å². The number of amides is 2. The lowest BCUT2D eigenvalue weighted by Crippen LogP contribution is -2.46. The van der Waals surface area contributed by atoms with Crippen LogP contribution >= 0.6 is 0 Å². The Morgan fingerprint density at radius 1 is 1.19 bits per heavy atom. The molecule has 2 saturated heterocycles. The van der Waals surface area contributed by atoms with Crippen LogP contribution in [0.15, 0.2) is 0 Å². The quantitative estimate of drug-likeness (QED) is 0.733. The normalized spacial score (nSPS) is 22.5. The van der Waals surface area contributed by atoms with Gasteiger partial charge < -0.3 is 20.2 Å². The SMILES string of the molecule is CC(O)C1CCN(C(=O)NCCCCN2CCCC2)CC1. The molecule has 0 aromatic carbocycles. The molecule has 0 saturated carbocycles. The molecule has 2 aliphatic heterocycles. The van der Waals surface area contributed by atoms with Gasteiger partial charge in [-0.2, -0.15) is 0 Å². The van der Waals surface area contributed by atoms with Crippen molar-refractivity contribution in [2.24, 2.45) is 5.92 Å². The van der Waals surface area contributed by atoms with Gasteiger partial charge in [-0.25, -0.2) is 4.79 Å². The highest BCUT2D eigenvalue weighted by atomic mass is 16.3. The zero-order valence-corrected chi connectivity index (χ0v) is 13.4. The molecule has 2 fully saturated rings. The standard InChI is InChI=1S/C16H31N3O2/c1-14(20)15-6-12-19(13-7-15)16(21)17-8-2-3-9-18-10-4-5-11-18/h14-15,20H,2-13H2,1H3,(H,17,21). The van der Waals surface area contributed by atoms with Gasteiger partial charge in [0, 0.05) is 19.6 Å². The molecule has 2 amide bonds. The Bertz CT molecular complexity index is 309. The molecular formula is C16H31N3O2. The van der Waals surface area contributed by atoms with E-state index in [1.54, 1.807) is 0 Å². The second-order valence-electron chi connectivity index (χ2n) is 6.55. The number of hydrogen-bond acceptors (Lipinski definition) is 3. The summed E-state index contributed by atoms with van der Waals surface area (Å²) in [5, 5.41) is 12.6. The van der Waals surface area contributed by atoms with E-state index < -0.39 is 0 Å². The van der Waals surface area contributed by atoms with E-state index >= 15 is 0 Å². The van der Waals surface area contributed by atoms with Crippen molar-refractivity contribution in [1.82, 2.24) is 15.1 Å². The predicted octanol–water partition coefficient (Wildman–Crippen LogP) is 1.66. The summed E-state index contributed by atoms with van der Waals surface area (Å²) in [6.45, 7) is 7.86. The van der Waals surface area contributed by atoms with E-state index in [0.29, 0.717) is 5.92 Å². The van der Waals surface area contributed by atoms with Gasteiger partial charge in [0.05, 0.1) is 6.10 Å². The van der Waals surface area contributed by atoms with Crippen LogP contribution in [0, 0.1) is 5.92 Å². The average Bonchev–Trinajstić information content (AvgIpc) is 3.00. The van der Waals surface area contributed by atoms with Crippen LogP contribution in [-0.4, -0.2) is 66.3 Å². The fourth-order valence-corrected chi connectivity index (χ4v) is 3.36. The second-order valence-corrected chi connectivity index (χ2v) is 6.55. The fourth-order valence-electron chi connectivity index (χ4n) is 3.36. The first-order valence-electron chi connectivity index (χ1n) is 8.60. The number of unbranched alkanes of at least 4 members (excludes halogenated alkanes) is 1. The summed E-state index contributed by atoms with van der Waals surface area (Å²) in [7, 11) is 0. The number of nitrogens with zero attached hydrogens (tertiary/aromatic N) is 2. The summed E-state index contributed by atoms with van der Waals surface area (Å²) in [4.78, 5) is 16.4. The van der Waals surface area contributed by atoms with Gasteiger partial charge in [-0.1, -0.05) is 0 Å². The molecule has 1 unspecified atom stereocenters. The summed E-state index contributed by atoms with van der Waals surface area (Å²) in [5.74, 6) is 0.356. The zero-order valence-electron chi connectivity index (χ0n) is 13.4. The predicted molar refractivity (Wildman–Crippen MR) is 84.3 cm³/mol. The average molecular weight is 297 g/mol. The molecule has 0 bridgehead atoms. The summed E-state index contributed by atoms with van der Waals surface area (Å²) < 4.78 is 0. The lowest BCUT2D eigenvalue weighted by molar-refractivity contribution is 0.0798. The Labute approximate surface area is 128 Å². The van der Waals surface area contributed by atoms with E-state index in [4.69, 9.17) is 0 Å². The van der Waals surface area contributed by atoms with Gasteiger partial charge in [-0.15, -0.1) is 0 Å². The zero-order chi connectivity index (χ0) is 15.1. The lowest BCUT2D eigenvalue weighted by Gasteiger charge is -2.33. The van der Waals surface area contributed by atoms with Crippen molar-refractivity contribution in [3.8, 4) is 0 Å². The molecule has 0 aliphatic carbocycles. The van der Waals surface area contributed by atoms with Crippen molar-refractivity contribution >= 4 is 6.03 Å². The first-order chi connectivity index (χ1) is 10.2. The topological polar surface area (TPSA) is 55.8 Å². The largest absolute Gasteiger partial charge is 0.393 e. The van der Waals surface area contributed by atoms with Crippen LogP contribution in [0.25, 0.3) is 0 Å². The number of carbonyl (C=O) groups is 1. The van der Waals surface area contributed by atoms with Gasteiger partial charge in [-0.3, -0.25) is 0 Å². The van der Waals surface area contributed by atoms with Crippen molar-refractivity contribution in [1.29, 1.82) is 0 Å². The van der Waals surface area contributed by atoms with Crippen LogP contribution in [0.3, 0.4) is 0 Å². The van der Waals surface area contributed by atoms with Crippen LogP contribution < -0.4 is 5.32 Å². The van der Waals surface area contributed by atoms with Crippen molar-refractivity contribution in [3.05, 3.63) is 0 Å². The maximum atomic E-state index is 12.0. The molecule has 2 rings (SSSR count). The molecule has 2 N–H and O–H groups in total. The van der Waals surface area contributed by atoms with Crippen LogP contribution in [0.5, 0.6) is 0 Å². The molecule has 21 heavy (non-hydrogen) atoms. The number of aliphatic hydroxyl groups is 1. The van der Waals surface area contributed by atoms with Crippen LogP contribution in [0.2, 0.25) is 0 Å². The molecule has 0 aromatic rings. The smallest absolute Gasteiger partial charge is 0.317 e. The monoisotopic (exact) mass is 297 g/mol. The minimum Gasteiger partial charge on any atom is -0.393 e. The molecule has 0 aromatic heterocycles. The van der Waals surface area contributed by atoms with Crippen molar-refractivity contribution in [2.45, 2.75) is 51.6 Å². The summed E-state index contributed by atoms with van der Waals surface area (Å²) in [6.07, 6.45) is 6.51. The number of rotatable bonds is 6. The minimum absolute atomic E-state index is 0.0696. The summed E-state index contributed by atoms with van der Waals surface area (Å²) >= 11 is 0. The van der Waals surface area contributed by atoms with Gasteiger partial charge in [0.1, 0.15) is 0 Å². The Morgan fingerprint density at radius 2 is 1.86 bits per heavy atom. The Kier molecular flexibility index (Phi) is 6.77. The highest BCUT2D eigenvalue weighted by molar-refractivity contribution is 5.74. The third-order valence-electron chi connectivity index (χ3n) is 4.89. The minimum atomic E-state index is -0.249. The molecule has 2 aliphatic rings. The Hall–Kier alpha value is -0.810. The van der Waals surface area contributed by atoms with E-state index in [1.807, 2.05) is 11.8 Å². The number of piperidine rings is 1. The van der Waals surface area contributed by atoms with Crippen LogP contribution in [-0.2, 0) is 0 Å². The summed E-state index contributed by atoms with van der Waals surface area (Å²) in [5.41, 5.74) is 0. The third-order valence-corrected chi connectivity index (χ3v) is 4.89. The molecule has 0 radical (unpaired) electrons. The number of likely N-dealkylation sites (tertiary alicyclic amines) is 2. The fraction of sp³-hybridized carbons (Fsp3) is 0.938. The molecule has 2 heterocycles. The van der Waals surface area contributed by atoms with E-state index in [0.717, 1.165) is 38.9 Å². The molecule has 5 heteroatoms. The highest BCUT2D eigenvalue weighted by Gasteiger charge is 2.25. The number of urea groups is 1. The first kappa shape index (κ1) is 16.6. The van der Waals surface area contributed by atoms with Gasteiger partial charge in [0.15, 0.2) is 0 Å². The van der Waals surface area contributed by atoms with E-state index in [1.165, 1.54) is 38.9 Å². The lowest BCUT2D eigenvalue weighted by atomic mass is 9.92. The van der Waals surface area contributed by atoms with Gasteiger partial charge in [0.25, 0.3) is 0 Å². The maximum absolute atomic E-state index is 12.0. The molecular weight excluding hydrogens is 266 g/mol. The molecule has 0 spiro atoms. The Morgan fingerprint density at radius 3 is 2.48 bits per heavy atom. The number of nitrogens with one attached hydrogen (secondary N) is 1. The van der Waals surface area contributed by atoms with Crippen molar-refractivity contribution < 1.29 is 9.90 Å². The summed E-state index contributed by atoms with van der Waals surface area (Å²) in [6, 6.07) is 0.0696. The van der Waals surface area contributed by atoms with Crippen LogP contribution in [0.1, 0.15) is 45.4 Å². The first-order valence-corrected chi connectivity index (χ1v) is 8.60. The number of aliphatic hydroxyl groups excluding tert-OH is 1. The molecule has 5 nitrogen and oxygen atoms in total. The molecule has 1 atom stereocenters. The number of hydrogen-bond donors (Lipinski definition) is 2.